The molecule has 1 aromatic heterocycles. The van der Waals surface area contributed by atoms with E-state index in [1.807, 2.05) is 0 Å². The van der Waals surface area contributed by atoms with Crippen LogP contribution < -0.4 is 14.2 Å². The zero-order valence-corrected chi connectivity index (χ0v) is 12.6. The summed E-state index contributed by atoms with van der Waals surface area (Å²) >= 11 is 0. The molecule has 0 saturated carbocycles. The average molecular weight is 308 g/mol. The van der Waals surface area contributed by atoms with E-state index in [-0.39, 0.29) is 11.4 Å². The van der Waals surface area contributed by atoms with Crippen LogP contribution in [0.25, 0.3) is 0 Å². The fourth-order valence-electron chi connectivity index (χ4n) is 1.73. The number of benzene rings is 1. The molecular weight excluding hydrogens is 292 g/mol. The van der Waals surface area contributed by atoms with Crippen LogP contribution >= 0.6 is 0 Å². The van der Waals surface area contributed by atoms with Gasteiger partial charge in [0.05, 0.1) is 14.2 Å². The van der Waals surface area contributed by atoms with Crippen molar-refractivity contribution in [2.24, 2.45) is 0 Å². The van der Waals surface area contributed by atoms with Crippen LogP contribution in [0.4, 0.5) is 0 Å². The number of nitrogens with zero attached hydrogens (tertiary/aromatic N) is 1. The first-order valence-corrected chi connectivity index (χ1v) is 7.67. The van der Waals surface area contributed by atoms with Crippen molar-refractivity contribution in [1.82, 2.24) is 9.71 Å². The highest BCUT2D eigenvalue weighted by Crippen LogP contribution is 2.22. The Morgan fingerprint density at radius 2 is 1.86 bits per heavy atom. The lowest BCUT2D eigenvalue weighted by atomic mass is 10.3. The fourth-order valence-corrected chi connectivity index (χ4v) is 2.92. The van der Waals surface area contributed by atoms with E-state index in [9.17, 15) is 8.42 Å². The van der Waals surface area contributed by atoms with Crippen LogP contribution in [0.1, 0.15) is 5.56 Å². The van der Waals surface area contributed by atoms with Gasteiger partial charge in [-0.15, -0.1) is 0 Å². The van der Waals surface area contributed by atoms with E-state index in [1.165, 1.54) is 20.3 Å². The van der Waals surface area contributed by atoms with Gasteiger partial charge in [-0.1, -0.05) is 18.2 Å². The number of sulfonamides is 1. The van der Waals surface area contributed by atoms with E-state index in [4.69, 9.17) is 9.47 Å². The quantitative estimate of drug-likeness (QED) is 0.876. The monoisotopic (exact) mass is 308 g/mol. The predicted molar refractivity (Wildman–Crippen MR) is 77.8 cm³/mol. The third-order valence-corrected chi connectivity index (χ3v) is 4.27. The van der Waals surface area contributed by atoms with Gasteiger partial charge in [-0.25, -0.2) is 18.1 Å². The van der Waals surface area contributed by atoms with Gasteiger partial charge in [-0.3, -0.25) is 0 Å². The molecule has 1 aromatic carbocycles. The molecule has 0 saturated heterocycles. The number of ether oxygens (including phenoxy) is 2. The van der Waals surface area contributed by atoms with E-state index < -0.39 is 10.0 Å². The minimum absolute atomic E-state index is 0.106. The lowest BCUT2D eigenvalue weighted by Crippen LogP contribution is -2.23. The maximum absolute atomic E-state index is 12.3. The highest BCUT2D eigenvalue weighted by molar-refractivity contribution is 7.89. The molecule has 0 fully saturated rings. The first kappa shape index (κ1) is 15.3. The van der Waals surface area contributed by atoms with Crippen LogP contribution in [-0.4, -0.2) is 27.6 Å². The Hall–Kier alpha value is -2.12. The Balaban J connectivity index is 2.13. The van der Waals surface area contributed by atoms with Crippen LogP contribution in [0.2, 0.25) is 0 Å². The van der Waals surface area contributed by atoms with E-state index in [2.05, 4.69) is 9.71 Å². The Labute approximate surface area is 123 Å². The van der Waals surface area contributed by atoms with Crippen molar-refractivity contribution < 1.29 is 17.9 Å². The molecule has 0 aliphatic rings. The third-order valence-electron chi connectivity index (χ3n) is 2.83. The van der Waals surface area contributed by atoms with Crippen molar-refractivity contribution in [2.45, 2.75) is 11.4 Å². The normalized spacial score (nSPS) is 11.1. The van der Waals surface area contributed by atoms with Gasteiger partial charge in [-0.05, 0) is 17.7 Å². The molecule has 7 heteroatoms. The number of hydrogen-bond donors (Lipinski definition) is 1. The lowest BCUT2D eigenvalue weighted by molar-refractivity contribution is 0.397. The second-order valence-electron chi connectivity index (χ2n) is 4.18. The smallest absolute Gasteiger partial charge is 0.244 e. The number of para-hydroxylation sites is 1. The molecule has 0 aliphatic heterocycles. The summed E-state index contributed by atoms with van der Waals surface area (Å²) in [6, 6.07) is 9.87. The Morgan fingerprint density at radius 1 is 1.10 bits per heavy atom. The van der Waals surface area contributed by atoms with E-state index in [1.54, 1.807) is 36.5 Å². The number of nitrogens with one attached hydrogen (secondary N) is 1. The first-order chi connectivity index (χ1) is 10.1. The Morgan fingerprint density at radius 3 is 2.48 bits per heavy atom. The van der Waals surface area contributed by atoms with Crippen molar-refractivity contribution in [3.63, 3.8) is 0 Å². The second-order valence-corrected chi connectivity index (χ2v) is 5.92. The summed E-state index contributed by atoms with van der Waals surface area (Å²) in [4.78, 5) is 4.13. The summed E-state index contributed by atoms with van der Waals surface area (Å²) in [5, 5.41) is 0. The van der Waals surface area contributed by atoms with Crippen LogP contribution in [0.15, 0.2) is 47.5 Å². The number of methoxy groups -OCH3 is 2. The van der Waals surface area contributed by atoms with Crippen LogP contribution in [0, 0.1) is 0 Å². The molecule has 0 amide bonds. The van der Waals surface area contributed by atoms with Crippen molar-refractivity contribution >= 4 is 10.0 Å². The minimum Gasteiger partial charge on any atom is -0.495 e. The van der Waals surface area contributed by atoms with Crippen molar-refractivity contribution in [1.29, 1.82) is 0 Å². The van der Waals surface area contributed by atoms with Gasteiger partial charge >= 0.3 is 0 Å². The molecule has 0 radical (unpaired) electrons. The lowest BCUT2D eigenvalue weighted by Gasteiger charge is -2.10. The van der Waals surface area contributed by atoms with Gasteiger partial charge in [0.15, 0.2) is 0 Å². The molecule has 1 heterocycles. The fraction of sp³-hybridized carbons (Fsp3) is 0.214. The SMILES string of the molecule is COc1ccc(CNS(=O)(=O)c2ccccc2OC)cn1. The van der Waals surface area contributed by atoms with Gasteiger partial charge < -0.3 is 9.47 Å². The van der Waals surface area contributed by atoms with Gasteiger partial charge in [0, 0.05) is 18.8 Å². The molecule has 0 aliphatic carbocycles. The highest BCUT2D eigenvalue weighted by atomic mass is 32.2. The molecular formula is C14H16N2O4S. The average Bonchev–Trinajstić information content (AvgIpc) is 2.53. The van der Waals surface area contributed by atoms with E-state index >= 15 is 0 Å². The molecule has 0 spiro atoms. The number of rotatable bonds is 6. The maximum atomic E-state index is 12.3. The zero-order chi connectivity index (χ0) is 15.3. The summed E-state index contributed by atoms with van der Waals surface area (Å²) in [5.74, 6) is 0.782. The summed E-state index contributed by atoms with van der Waals surface area (Å²) in [6.45, 7) is 0.136. The van der Waals surface area contributed by atoms with Crippen molar-refractivity contribution in [3.8, 4) is 11.6 Å². The van der Waals surface area contributed by atoms with E-state index in [0.29, 0.717) is 11.6 Å². The van der Waals surface area contributed by atoms with Crippen LogP contribution in [-0.2, 0) is 16.6 Å². The van der Waals surface area contributed by atoms with Gasteiger partial charge in [0.25, 0.3) is 0 Å². The van der Waals surface area contributed by atoms with Crippen LogP contribution in [0.3, 0.4) is 0 Å². The zero-order valence-electron chi connectivity index (χ0n) is 11.7. The molecule has 1 N–H and O–H groups in total. The summed E-state index contributed by atoms with van der Waals surface area (Å²) in [5.41, 5.74) is 0.731. The standard InChI is InChI=1S/C14H16N2O4S/c1-19-12-5-3-4-6-13(12)21(17,18)16-10-11-7-8-14(20-2)15-9-11/h3-9,16H,10H2,1-2H3. The first-order valence-electron chi connectivity index (χ1n) is 6.18. The minimum atomic E-state index is -3.65. The highest BCUT2D eigenvalue weighted by Gasteiger charge is 2.18. The van der Waals surface area contributed by atoms with Gasteiger partial charge in [0.2, 0.25) is 15.9 Å². The second kappa shape index (κ2) is 6.55. The predicted octanol–water partition coefficient (Wildman–Crippen LogP) is 1.58. The number of pyridine rings is 1. The maximum Gasteiger partial charge on any atom is 0.244 e. The Bertz CT molecular complexity index is 699. The molecule has 0 unspecified atom stereocenters. The molecule has 21 heavy (non-hydrogen) atoms. The van der Waals surface area contributed by atoms with Crippen LogP contribution in [0.5, 0.6) is 11.6 Å². The van der Waals surface area contributed by atoms with Crippen molar-refractivity contribution in [2.75, 3.05) is 14.2 Å². The molecule has 2 rings (SSSR count). The van der Waals surface area contributed by atoms with E-state index in [0.717, 1.165) is 5.56 Å². The number of aromatic nitrogens is 1. The molecule has 6 nitrogen and oxygen atoms in total. The third kappa shape index (κ3) is 3.71. The summed E-state index contributed by atoms with van der Waals surface area (Å²) < 4.78 is 37.1. The molecule has 112 valence electrons. The summed E-state index contributed by atoms with van der Waals surface area (Å²) in [6.07, 6.45) is 1.56. The van der Waals surface area contributed by atoms with Gasteiger partial charge in [0.1, 0.15) is 10.6 Å². The molecule has 2 aromatic rings. The van der Waals surface area contributed by atoms with Crippen molar-refractivity contribution in [3.05, 3.63) is 48.2 Å². The molecule has 0 bridgehead atoms. The van der Waals surface area contributed by atoms with Gasteiger partial charge in [-0.2, -0.15) is 0 Å². The topological polar surface area (TPSA) is 77.5 Å². The largest absolute Gasteiger partial charge is 0.495 e. The summed E-state index contributed by atoms with van der Waals surface area (Å²) in [7, 11) is -0.698. The molecule has 0 atom stereocenters. The Kier molecular flexibility index (Phi) is 4.77. The number of hydrogen-bond acceptors (Lipinski definition) is 5.